The van der Waals surface area contributed by atoms with Crippen LogP contribution < -0.4 is 5.69 Å². The largest absolute Gasteiger partial charge is 0.478 e. The second kappa shape index (κ2) is 10.6. The van der Waals surface area contributed by atoms with E-state index >= 15 is 0 Å². The summed E-state index contributed by atoms with van der Waals surface area (Å²) in [5.74, 6) is -0.598. The number of carboxylic acid groups (broad SMARTS) is 1. The van der Waals surface area contributed by atoms with E-state index in [1.165, 1.54) is 4.57 Å². The van der Waals surface area contributed by atoms with Crippen LogP contribution in [0.5, 0.6) is 0 Å². The zero-order valence-electron chi connectivity index (χ0n) is 21.1. The predicted octanol–water partition coefficient (Wildman–Crippen LogP) is 4.14. The van der Waals surface area contributed by atoms with Gasteiger partial charge in [0.2, 0.25) is 5.82 Å². The third-order valence-corrected chi connectivity index (χ3v) is 6.50. The van der Waals surface area contributed by atoms with Crippen molar-refractivity contribution in [2.24, 2.45) is 0 Å². The number of pyridine rings is 1. The molecule has 0 fully saturated rings. The van der Waals surface area contributed by atoms with E-state index in [1.807, 2.05) is 49.4 Å². The lowest BCUT2D eigenvalue weighted by molar-refractivity contribution is 0.0696. The maximum Gasteiger partial charge on any atom is 0.337 e. The van der Waals surface area contributed by atoms with Crippen molar-refractivity contribution >= 4 is 5.97 Å². The van der Waals surface area contributed by atoms with Crippen LogP contribution in [-0.4, -0.2) is 45.8 Å². The molecule has 0 saturated carbocycles. The fourth-order valence-electron chi connectivity index (χ4n) is 4.69. The molecule has 10 nitrogen and oxygen atoms in total. The van der Waals surface area contributed by atoms with Gasteiger partial charge in [-0.1, -0.05) is 56.7 Å². The van der Waals surface area contributed by atoms with E-state index in [4.69, 9.17) is 0 Å². The van der Waals surface area contributed by atoms with Crippen molar-refractivity contribution in [1.29, 1.82) is 0 Å². The fourth-order valence-corrected chi connectivity index (χ4v) is 4.69. The number of carbonyl (C=O) groups is 1. The molecule has 0 bridgehead atoms. The van der Waals surface area contributed by atoms with E-state index in [0.717, 1.165) is 40.1 Å². The Hall–Kier alpha value is -4.86. The maximum atomic E-state index is 13.7. The monoisotopic (exact) mass is 509 g/mol. The minimum atomic E-state index is -1.06. The average molecular weight is 510 g/mol. The SMILES string of the molecule is CCCc1cn(-c2c(CC)cccc2C(=O)O)c(=O)n1Cc1ccc(-c2ncccc2-c2nn[nH]n2)cc1. The summed E-state index contributed by atoms with van der Waals surface area (Å²) in [7, 11) is 0. The number of aromatic amines is 1. The molecule has 0 unspecified atom stereocenters. The lowest BCUT2D eigenvalue weighted by Gasteiger charge is -2.11. The van der Waals surface area contributed by atoms with E-state index in [2.05, 4.69) is 32.5 Å². The third kappa shape index (κ3) is 4.63. The Bertz CT molecular complexity index is 1630. The molecule has 0 radical (unpaired) electrons. The van der Waals surface area contributed by atoms with Gasteiger partial charge in [0.05, 0.1) is 23.5 Å². The molecular formula is C28H27N7O3. The van der Waals surface area contributed by atoms with Gasteiger partial charge >= 0.3 is 11.7 Å². The molecule has 3 aromatic heterocycles. The van der Waals surface area contributed by atoms with Gasteiger partial charge in [-0.2, -0.15) is 5.21 Å². The quantitative estimate of drug-likeness (QED) is 0.305. The number of benzene rings is 2. The number of carboxylic acids is 1. The van der Waals surface area contributed by atoms with Crippen LogP contribution in [0.2, 0.25) is 0 Å². The third-order valence-electron chi connectivity index (χ3n) is 6.50. The van der Waals surface area contributed by atoms with Crippen LogP contribution in [0.15, 0.2) is 71.8 Å². The predicted molar refractivity (Wildman–Crippen MR) is 142 cm³/mol. The highest BCUT2D eigenvalue weighted by atomic mass is 16.4. The van der Waals surface area contributed by atoms with Crippen LogP contribution in [0.4, 0.5) is 0 Å². The molecule has 0 aliphatic rings. The maximum absolute atomic E-state index is 13.7. The van der Waals surface area contributed by atoms with Crippen molar-refractivity contribution in [3.8, 4) is 28.3 Å². The van der Waals surface area contributed by atoms with Gasteiger partial charge in [-0.3, -0.25) is 14.1 Å². The molecule has 3 heterocycles. The van der Waals surface area contributed by atoms with Crippen molar-refractivity contribution in [1.82, 2.24) is 34.7 Å². The first-order valence-electron chi connectivity index (χ1n) is 12.5. The summed E-state index contributed by atoms with van der Waals surface area (Å²) in [5, 5.41) is 24.1. The lowest BCUT2D eigenvalue weighted by Crippen LogP contribution is -2.26. The van der Waals surface area contributed by atoms with E-state index in [9.17, 15) is 14.7 Å². The zero-order chi connectivity index (χ0) is 26.6. The van der Waals surface area contributed by atoms with Crippen molar-refractivity contribution in [3.63, 3.8) is 0 Å². The van der Waals surface area contributed by atoms with Crippen molar-refractivity contribution in [2.75, 3.05) is 0 Å². The van der Waals surface area contributed by atoms with Crippen LogP contribution in [-0.2, 0) is 19.4 Å². The Balaban J connectivity index is 1.52. The number of H-pyrrole nitrogens is 1. The topological polar surface area (TPSA) is 132 Å². The zero-order valence-corrected chi connectivity index (χ0v) is 21.1. The van der Waals surface area contributed by atoms with E-state index in [1.54, 1.807) is 29.1 Å². The summed E-state index contributed by atoms with van der Waals surface area (Å²) < 4.78 is 3.22. The van der Waals surface area contributed by atoms with Gasteiger partial charge in [-0.15, -0.1) is 10.2 Å². The normalized spacial score (nSPS) is 11.1. The molecule has 0 amide bonds. The Labute approximate surface area is 218 Å². The van der Waals surface area contributed by atoms with Gasteiger partial charge in [0.25, 0.3) is 0 Å². The van der Waals surface area contributed by atoms with Gasteiger partial charge in [-0.05, 0) is 47.4 Å². The van der Waals surface area contributed by atoms with Crippen LogP contribution in [0.1, 0.15) is 47.4 Å². The molecule has 38 heavy (non-hydrogen) atoms. The van der Waals surface area contributed by atoms with Crippen molar-refractivity contribution in [2.45, 2.75) is 39.7 Å². The minimum Gasteiger partial charge on any atom is -0.478 e. The van der Waals surface area contributed by atoms with Crippen LogP contribution in [0.3, 0.4) is 0 Å². The number of rotatable bonds is 9. The number of nitrogens with zero attached hydrogens (tertiary/aromatic N) is 6. The van der Waals surface area contributed by atoms with Crippen LogP contribution >= 0.6 is 0 Å². The minimum absolute atomic E-state index is 0.115. The number of aryl methyl sites for hydroxylation is 2. The number of nitrogens with one attached hydrogen (secondary N) is 1. The van der Waals surface area contributed by atoms with Crippen molar-refractivity contribution < 1.29 is 9.90 Å². The van der Waals surface area contributed by atoms with Gasteiger partial charge in [0, 0.05) is 29.2 Å². The molecule has 5 rings (SSSR count). The molecule has 0 saturated heterocycles. The first-order chi connectivity index (χ1) is 18.5. The molecule has 0 aliphatic carbocycles. The fraction of sp³-hybridized carbons (Fsp3) is 0.214. The lowest BCUT2D eigenvalue weighted by atomic mass is 10.0. The van der Waals surface area contributed by atoms with E-state index in [-0.39, 0.29) is 11.3 Å². The number of hydrogen-bond donors (Lipinski definition) is 2. The van der Waals surface area contributed by atoms with Crippen LogP contribution in [0, 0.1) is 0 Å². The Morgan fingerprint density at radius 3 is 2.55 bits per heavy atom. The first kappa shape index (κ1) is 24.8. The first-order valence-corrected chi connectivity index (χ1v) is 12.5. The number of aromatic carboxylic acids is 1. The molecule has 10 heteroatoms. The summed E-state index contributed by atoms with van der Waals surface area (Å²) in [6, 6.07) is 16.7. The average Bonchev–Trinajstić information content (AvgIpc) is 3.58. The molecular weight excluding hydrogens is 482 g/mol. The summed E-state index contributed by atoms with van der Waals surface area (Å²) in [6.45, 7) is 4.36. The van der Waals surface area contributed by atoms with E-state index < -0.39 is 5.97 Å². The standard InChI is InChI=1S/C28H27N7O3/c1-3-7-21-17-35(25-19(4-2)8-5-9-23(25)27(36)37)28(38)34(21)16-18-11-13-20(14-12-18)24-22(10-6-15-29-24)26-30-32-33-31-26/h5-6,8-15,17H,3-4,7,16H2,1-2H3,(H,36,37)(H,30,31,32,33). The summed E-state index contributed by atoms with van der Waals surface area (Å²) in [6.07, 6.45) is 5.65. The Morgan fingerprint density at radius 2 is 1.87 bits per heavy atom. The second-order valence-corrected chi connectivity index (χ2v) is 8.91. The number of imidazole rings is 1. The number of para-hydroxylation sites is 1. The Morgan fingerprint density at radius 1 is 1.05 bits per heavy atom. The van der Waals surface area contributed by atoms with Crippen LogP contribution in [0.25, 0.3) is 28.3 Å². The molecule has 0 spiro atoms. The number of hydrogen-bond acceptors (Lipinski definition) is 6. The molecule has 192 valence electrons. The Kier molecular flexibility index (Phi) is 6.94. The van der Waals surface area contributed by atoms with Gasteiger partial charge in [0.15, 0.2) is 0 Å². The molecule has 2 N–H and O–H groups in total. The van der Waals surface area contributed by atoms with Gasteiger partial charge in [-0.25, -0.2) is 9.59 Å². The number of tetrazole rings is 1. The van der Waals surface area contributed by atoms with E-state index in [0.29, 0.717) is 30.9 Å². The molecule has 0 aliphatic heterocycles. The second-order valence-electron chi connectivity index (χ2n) is 8.91. The van der Waals surface area contributed by atoms with Crippen molar-refractivity contribution in [3.05, 3.63) is 99.9 Å². The molecule has 5 aromatic rings. The highest BCUT2D eigenvalue weighted by Gasteiger charge is 2.20. The summed E-state index contributed by atoms with van der Waals surface area (Å²) >= 11 is 0. The highest BCUT2D eigenvalue weighted by Crippen LogP contribution is 2.28. The highest BCUT2D eigenvalue weighted by molar-refractivity contribution is 5.92. The summed E-state index contributed by atoms with van der Waals surface area (Å²) in [5.41, 5.74) is 5.26. The smallest absolute Gasteiger partial charge is 0.337 e. The molecule has 2 aromatic carbocycles. The molecule has 0 atom stereocenters. The summed E-state index contributed by atoms with van der Waals surface area (Å²) in [4.78, 5) is 30.2. The number of aromatic nitrogens is 7. The van der Waals surface area contributed by atoms with Gasteiger partial charge < -0.3 is 5.11 Å². The van der Waals surface area contributed by atoms with Gasteiger partial charge in [0.1, 0.15) is 0 Å².